The molecule has 0 saturated carbocycles. The van der Waals surface area contributed by atoms with Crippen LogP contribution >= 0.6 is 23.1 Å². The van der Waals surface area contributed by atoms with E-state index in [0.29, 0.717) is 52.6 Å². The highest BCUT2D eigenvalue weighted by Crippen LogP contribution is 2.40. The topological polar surface area (TPSA) is 113 Å². The lowest BCUT2D eigenvalue weighted by Crippen LogP contribution is -2.17. The third-order valence-corrected chi connectivity index (χ3v) is 7.66. The van der Waals surface area contributed by atoms with Gasteiger partial charge in [0.05, 0.1) is 18.4 Å². The molecule has 34 heavy (non-hydrogen) atoms. The molecule has 1 aliphatic carbocycles. The molecule has 0 bridgehead atoms. The second-order valence-corrected chi connectivity index (χ2v) is 10.1. The molecule has 0 spiro atoms. The number of hydrogen-bond donors (Lipinski definition) is 1. The Kier molecular flexibility index (Phi) is 6.46. The first kappa shape index (κ1) is 22.7. The molecule has 1 aromatic carbocycles. The molecular weight excluding hydrogens is 478 g/mol. The number of thioether (sulfide) groups is 1. The lowest BCUT2D eigenvalue weighted by Gasteiger charge is -2.18. The predicted octanol–water partition coefficient (Wildman–Crippen LogP) is 4.21. The molecule has 1 unspecified atom stereocenters. The van der Waals surface area contributed by atoms with E-state index in [2.05, 4.69) is 22.4 Å². The summed E-state index contributed by atoms with van der Waals surface area (Å²) in [5.41, 5.74) is 2.18. The molecular formula is C23H23N3O6S2. The van der Waals surface area contributed by atoms with E-state index >= 15 is 0 Å². The van der Waals surface area contributed by atoms with Gasteiger partial charge in [-0.3, -0.25) is 4.79 Å². The van der Waals surface area contributed by atoms with Crippen molar-refractivity contribution >= 4 is 40.0 Å². The molecule has 3 aromatic rings. The molecule has 5 rings (SSSR count). The van der Waals surface area contributed by atoms with Crippen LogP contribution in [0.15, 0.2) is 27.8 Å². The van der Waals surface area contributed by atoms with Crippen LogP contribution in [0, 0.1) is 5.92 Å². The summed E-state index contributed by atoms with van der Waals surface area (Å²) < 4.78 is 21.8. The lowest BCUT2D eigenvalue weighted by atomic mass is 9.88. The molecule has 1 aliphatic heterocycles. The maximum atomic E-state index is 12.7. The fourth-order valence-electron chi connectivity index (χ4n) is 4.01. The highest BCUT2D eigenvalue weighted by molar-refractivity contribution is 7.99. The monoisotopic (exact) mass is 501 g/mol. The predicted molar refractivity (Wildman–Crippen MR) is 127 cm³/mol. The summed E-state index contributed by atoms with van der Waals surface area (Å²) in [5, 5.41) is 11.8. The maximum absolute atomic E-state index is 12.7. The van der Waals surface area contributed by atoms with Crippen molar-refractivity contribution in [2.75, 3.05) is 31.4 Å². The van der Waals surface area contributed by atoms with Crippen LogP contribution in [0.25, 0.3) is 11.5 Å². The van der Waals surface area contributed by atoms with Crippen molar-refractivity contribution < 1.29 is 28.2 Å². The SMILES string of the molecule is COC(=O)c1c(NC(=O)CSc2nnc(-c3ccc4c(c3)OCCO4)o2)sc2c1CCC(C)C2. The molecule has 2 aromatic heterocycles. The van der Waals surface area contributed by atoms with E-state index in [1.54, 1.807) is 12.1 Å². The van der Waals surface area contributed by atoms with Gasteiger partial charge in [-0.2, -0.15) is 0 Å². The molecule has 0 fully saturated rings. The number of thiophene rings is 1. The molecule has 2 aliphatic rings. The smallest absolute Gasteiger partial charge is 0.341 e. The maximum Gasteiger partial charge on any atom is 0.341 e. The van der Waals surface area contributed by atoms with Gasteiger partial charge in [0.2, 0.25) is 11.8 Å². The molecule has 1 amide bonds. The van der Waals surface area contributed by atoms with Gasteiger partial charge in [0, 0.05) is 10.4 Å². The number of carbonyl (C=O) groups is 2. The van der Waals surface area contributed by atoms with Gasteiger partial charge in [0.25, 0.3) is 5.22 Å². The van der Waals surface area contributed by atoms with Crippen molar-refractivity contribution in [1.82, 2.24) is 10.2 Å². The Hall–Kier alpha value is -3.05. The summed E-state index contributed by atoms with van der Waals surface area (Å²) in [5.74, 6) is 1.56. The summed E-state index contributed by atoms with van der Waals surface area (Å²) in [7, 11) is 1.36. The highest BCUT2D eigenvalue weighted by Gasteiger charge is 2.29. The van der Waals surface area contributed by atoms with Gasteiger partial charge in [-0.05, 0) is 48.9 Å². The first-order valence-electron chi connectivity index (χ1n) is 10.9. The average Bonchev–Trinajstić information content (AvgIpc) is 3.46. The molecule has 11 heteroatoms. The summed E-state index contributed by atoms with van der Waals surface area (Å²) in [6, 6.07) is 5.40. The molecule has 1 N–H and O–H groups in total. The van der Waals surface area contributed by atoms with E-state index in [0.717, 1.165) is 41.5 Å². The van der Waals surface area contributed by atoms with E-state index in [1.165, 1.54) is 18.4 Å². The summed E-state index contributed by atoms with van der Waals surface area (Å²) >= 11 is 2.58. The highest BCUT2D eigenvalue weighted by atomic mass is 32.2. The molecule has 0 saturated heterocycles. The standard InChI is InChI=1S/C23H23N3O6S2/c1-12-3-5-14-17(9-12)34-21(19(14)22(28)29-2)24-18(27)11-33-23-26-25-20(32-23)13-4-6-15-16(10-13)31-8-7-30-15/h4,6,10,12H,3,5,7-9,11H2,1-2H3,(H,24,27). The number of aromatic nitrogens is 2. The minimum atomic E-state index is -0.420. The third-order valence-electron chi connectivity index (χ3n) is 5.68. The van der Waals surface area contributed by atoms with Crippen molar-refractivity contribution in [3.8, 4) is 23.0 Å². The van der Waals surface area contributed by atoms with Crippen LogP contribution in [0.5, 0.6) is 11.5 Å². The minimum absolute atomic E-state index is 0.0579. The largest absolute Gasteiger partial charge is 0.486 e. The molecule has 3 heterocycles. The lowest BCUT2D eigenvalue weighted by molar-refractivity contribution is -0.113. The van der Waals surface area contributed by atoms with E-state index < -0.39 is 5.97 Å². The van der Waals surface area contributed by atoms with Crippen LogP contribution in [-0.4, -0.2) is 48.2 Å². The van der Waals surface area contributed by atoms with Gasteiger partial charge >= 0.3 is 5.97 Å². The first-order valence-corrected chi connectivity index (χ1v) is 12.7. The normalized spacial score (nSPS) is 16.6. The van der Waals surface area contributed by atoms with Crippen LogP contribution in [0.1, 0.15) is 34.1 Å². The Bertz CT molecular complexity index is 1240. The van der Waals surface area contributed by atoms with Crippen LogP contribution in [0.3, 0.4) is 0 Å². The van der Waals surface area contributed by atoms with Crippen molar-refractivity contribution in [3.63, 3.8) is 0 Å². The van der Waals surface area contributed by atoms with E-state index in [9.17, 15) is 9.59 Å². The summed E-state index contributed by atoms with van der Waals surface area (Å²) in [4.78, 5) is 26.2. The zero-order chi connectivity index (χ0) is 23.7. The fourth-order valence-corrected chi connectivity index (χ4v) is 5.99. The number of carbonyl (C=O) groups excluding carboxylic acids is 2. The third kappa shape index (κ3) is 4.62. The molecule has 178 valence electrons. The molecule has 9 nitrogen and oxygen atoms in total. The summed E-state index contributed by atoms with van der Waals surface area (Å²) in [6.45, 7) is 3.20. The van der Waals surface area contributed by atoms with Crippen LogP contribution in [0.4, 0.5) is 5.00 Å². The van der Waals surface area contributed by atoms with Crippen LogP contribution < -0.4 is 14.8 Å². The number of methoxy groups -OCH3 is 1. The Labute approximate surface area is 204 Å². The fraction of sp³-hybridized carbons (Fsp3) is 0.391. The number of nitrogens with one attached hydrogen (secondary N) is 1. The quantitative estimate of drug-likeness (QED) is 0.392. The zero-order valence-electron chi connectivity index (χ0n) is 18.7. The first-order chi connectivity index (χ1) is 16.5. The molecule has 0 radical (unpaired) electrons. The van der Waals surface area contributed by atoms with E-state index in [1.807, 2.05) is 6.07 Å². The van der Waals surface area contributed by atoms with Crippen molar-refractivity contribution in [1.29, 1.82) is 0 Å². The number of benzene rings is 1. The van der Waals surface area contributed by atoms with Crippen LogP contribution in [0.2, 0.25) is 0 Å². The number of anilines is 1. The van der Waals surface area contributed by atoms with Gasteiger partial charge in [0.1, 0.15) is 18.2 Å². The van der Waals surface area contributed by atoms with Gasteiger partial charge < -0.3 is 23.9 Å². The number of hydrogen-bond acceptors (Lipinski definition) is 10. The molecule has 1 atom stereocenters. The van der Waals surface area contributed by atoms with E-state index in [4.69, 9.17) is 18.6 Å². The Morgan fingerprint density at radius 1 is 1.24 bits per heavy atom. The van der Waals surface area contributed by atoms with Gasteiger partial charge in [0.15, 0.2) is 11.5 Å². The average molecular weight is 502 g/mol. The van der Waals surface area contributed by atoms with Gasteiger partial charge in [-0.1, -0.05) is 18.7 Å². The Balaban J connectivity index is 1.25. The number of nitrogens with zero attached hydrogens (tertiary/aromatic N) is 2. The van der Waals surface area contributed by atoms with Gasteiger partial charge in [-0.15, -0.1) is 21.5 Å². The van der Waals surface area contributed by atoms with Gasteiger partial charge in [-0.25, -0.2) is 4.79 Å². The second kappa shape index (κ2) is 9.67. The number of ether oxygens (including phenoxy) is 3. The minimum Gasteiger partial charge on any atom is -0.486 e. The number of rotatable bonds is 6. The Morgan fingerprint density at radius 3 is 2.88 bits per heavy atom. The second-order valence-electron chi connectivity index (χ2n) is 8.12. The van der Waals surface area contributed by atoms with E-state index in [-0.39, 0.29) is 16.9 Å². The Morgan fingerprint density at radius 2 is 2.06 bits per heavy atom. The van der Waals surface area contributed by atoms with Crippen LogP contribution in [-0.2, 0) is 22.4 Å². The summed E-state index contributed by atoms with van der Waals surface area (Å²) in [6.07, 6.45) is 2.73. The van der Waals surface area contributed by atoms with Crippen molar-refractivity contribution in [2.24, 2.45) is 5.92 Å². The number of amides is 1. The van der Waals surface area contributed by atoms with Crippen molar-refractivity contribution in [2.45, 2.75) is 31.4 Å². The zero-order valence-corrected chi connectivity index (χ0v) is 20.3. The number of esters is 1. The van der Waals surface area contributed by atoms with Crippen molar-refractivity contribution in [3.05, 3.63) is 34.2 Å². The number of fused-ring (bicyclic) bond motifs is 2.